The van der Waals surface area contributed by atoms with Crippen molar-refractivity contribution in [1.29, 1.82) is 0 Å². The number of fused-ring (bicyclic) bond motifs is 4. The van der Waals surface area contributed by atoms with Crippen LogP contribution < -0.4 is 0 Å². The van der Waals surface area contributed by atoms with E-state index in [2.05, 4.69) is 39.8 Å². The molecule has 4 aliphatic carbocycles. The maximum atomic E-state index is 14.5. The first kappa shape index (κ1) is 67.5. The van der Waals surface area contributed by atoms with Crippen LogP contribution in [-0.2, 0) is 81.0 Å². The first-order valence-corrected chi connectivity index (χ1v) is 31.6. The number of Topliss-reactive ketones (excluding diaryl/α,β-unsaturated/α-hetero) is 1. The zero-order valence-corrected chi connectivity index (χ0v) is 51.2. The lowest BCUT2D eigenvalue weighted by atomic mass is 9.41. The minimum absolute atomic E-state index is 0.0538. The van der Waals surface area contributed by atoms with E-state index in [0.717, 1.165) is 5.57 Å². The Morgan fingerprint density at radius 2 is 1.31 bits per heavy atom. The molecule has 0 aromatic carbocycles. The fraction of sp³-hybridized carbons (Fsp3) is 0.897. The highest BCUT2D eigenvalue weighted by atomic mass is 32.3. The van der Waals surface area contributed by atoms with Gasteiger partial charge in [0.05, 0.1) is 50.0 Å². The number of carbonyl (C=O) groups is 2. The number of cyclic esters (lactones) is 1. The third-order valence-corrected chi connectivity index (χ3v) is 21.8. The van der Waals surface area contributed by atoms with Gasteiger partial charge in [0.25, 0.3) is 0 Å². The van der Waals surface area contributed by atoms with Crippen LogP contribution in [0.25, 0.3) is 0 Å². The van der Waals surface area contributed by atoms with E-state index >= 15 is 0 Å². The molecule has 10 rings (SSSR count). The van der Waals surface area contributed by atoms with Gasteiger partial charge in [-0.25, -0.2) is 4.18 Å². The van der Waals surface area contributed by atoms with Crippen LogP contribution in [0.1, 0.15) is 107 Å². The molecule has 2 unspecified atom stereocenters. The van der Waals surface area contributed by atoms with Crippen molar-refractivity contribution in [2.45, 2.75) is 254 Å². The number of rotatable bonds is 17. The monoisotopic (exact) mass is 1270 g/mol. The Bertz CT molecular complexity index is 2660. The molecule has 0 aromatic rings. The van der Waals surface area contributed by atoms with Gasteiger partial charge in [-0.05, 0) is 101 Å². The SMILES string of the molecule is CO[C@@H]1[C@@H](O)[C@H](O[C@@H]2[C@@H](O)[C@H](O[C@H]3[C@H](O)[C@@H](O[C@@H]4OC[C@@H](O)[C@H](O)[C@H]4O)[C@H](O[C@H]4[C@H](O[C@H]5CC[C@]6(C)C7=CC[C@]89C(=O)O[C@@](C)(CCC=C(C)C)[C@H]8C(=O)C[C@@]9(C)C7CCC6C5(C)C)OC[C@@H](OS(=O)(=O)O)[C@@H]4O)O[C@@H]3C)OC[C@H]2O)O[C@H](CO)[C@H]1O. The van der Waals surface area contributed by atoms with Crippen molar-refractivity contribution in [2.24, 2.45) is 39.4 Å². The van der Waals surface area contributed by atoms with Gasteiger partial charge in [0.2, 0.25) is 0 Å². The van der Waals surface area contributed by atoms with Crippen LogP contribution in [0.5, 0.6) is 0 Å². The number of carbonyl (C=O) groups excluding carboxylic acids is 2. The lowest BCUT2D eigenvalue weighted by Gasteiger charge is -2.63. The molecule has 87 heavy (non-hydrogen) atoms. The van der Waals surface area contributed by atoms with Gasteiger partial charge in [0, 0.05) is 13.5 Å². The van der Waals surface area contributed by atoms with Crippen molar-refractivity contribution in [2.75, 3.05) is 33.5 Å². The van der Waals surface area contributed by atoms with Gasteiger partial charge in [-0.2, -0.15) is 8.42 Å². The van der Waals surface area contributed by atoms with Gasteiger partial charge in [-0.3, -0.25) is 14.1 Å². The molecule has 496 valence electrons. The summed E-state index contributed by atoms with van der Waals surface area (Å²) in [5.41, 5.74) is -1.45. The minimum Gasteiger partial charge on any atom is -0.458 e. The van der Waals surface area contributed by atoms with Crippen LogP contribution in [0.3, 0.4) is 0 Å². The molecule has 10 aliphatic rings. The van der Waals surface area contributed by atoms with Gasteiger partial charge in [0.1, 0.15) is 109 Å². The molecule has 9 fully saturated rings. The zero-order valence-electron chi connectivity index (χ0n) is 50.4. The first-order chi connectivity index (χ1) is 40.8. The highest BCUT2D eigenvalue weighted by Gasteiger charge is 2.79. The molecular weight excluding hydrogens is 1180 g/mol. The van der Waals surface area contributed by atoms with Crippen LogP contribution in [0, 0.1) is 39.4 Å². The van der Waals surface area contributed by atoms with Crippen LogP contribution in [0.4, 0.5) is 0 Å². The van der Waals surface area contributed by atoms with Crippen molar-refractivity contribution >= 4 is 22.2 Å². The summed E-state index contributed by atoms with van der Waals surface area (Å²) >= 11 is 0. The lowest BCUT2D eigenvalue weighted by molar-refractivity contribution is -0.399. The summed E-state index contributed by atoms with van der Waals surface area (Å²) in [5.74, 6) is -1.00. The molecule has 30 atom stereocenters. The summed E-state index contributed by atoms with van der Waals surface area (Å²) in [6.45, 7) is 13.3. The van der Waals surface area contributed by atoms with Crippen molar-refractivity contribution < 1.29 is 135 Å². The lowest BCUT2D eigenvalue weighted by Crippen LogP contribution is -2.67. The van der Waals surface area contributed by atoms with Gasteiger partial charge in [-0.15, -0.1) is 0 Å². The molecular formula is C58H90O28S. The second-order valence-corrected chi connectivity index (χ2v) is 28.3. The second-order valence-electron chi connectivity index (χ2n) is 27.2. The highest BCUT2D eigenvalue weighted by Crippen LogP contribution is 2.75. The highest BCUT2D eigenvalue weighted by molar-refractivity contribution is 7.80. The van der Waals surface area contributed by atoms with Crippen LogP contribution in [-0.4, -0.2) is 256 Å². The summed E-state index contributed by atoms with van der Waals surface area (Å²) in [5, 5.41) is 111. The van der Waals surface area contributed by atoms with Gasteiger partial charge in [0.15, 0.2) is 31.5 Å². The van der Waals surface area contributed by atoms with Gasteiger partial charge < -0.3 is 108 Å². The smallest absolute Gasteiger partial charge is 0.397 e. The first-order valence-electron chi connectivity index (χ1n) is 30.2. The predicted octanol–water partition coefficient (Wildman–Crippen LogP) is -1.28. The van der Waals surface area contributed by atoms with Crippen LogP contribution in [0.2, 0.25) is 0 Å². The zero-order chi connectivity index (χ0) is 63.4. The van der Waals surface area contributed by atoms with E-state index < -0.39 is 211 Å². The number of hydrogen-bond acceptors (Lipinski definition) is 27. The van der Waals surface area contributed by atoms with E-state index in [1.165, 1.54) is 19.6 Å². The van der Waals surface area contributed by atoms with E-state index in [1.54, 1.807) is 0 Å². The minimum atomic E-state index is -5.25. The van der Waals surface area contributed by atoms with E-state index in [-0.39, 0.29) is 30.0 Å². The Balaban J connectivity index is 0.896. The number of ketones is 1. The quantitative estimate of drug-likeness (QED) is 0.0350. The molecule has 11 N–H and O–H groups in total. The molecule has 1 spiro atoms. The summed E-state index contributed by atoms with van der Waals surface area (Å²) < 4.78 is 111. The van der Waals surface area contributed by atoms with Crippen molar-refractivity contribution in [1.82, 2.24) is 0 Å². The average molecular weight is 1270 g/mol. The second kappa shape index (κ2) is 25.2. The van der Waals surface area contributed by atoms with E-state index in [9.17, 15) is 73.6 Å². The third kappa shape index (κ3) is 11.9. The molecule has 6 aliphatic heterocycles. The molecule has 29 heteroatoms. The predicted molar refractivity (Wildman–Crippen MR) is 292 cm³/mol. The molecule has 28 nitrogen and oxygen atoms in total. The third-order valence-electron chi connectivity index (χ3n) is 21.3. The maximum absolute atomic E-state index is 14.5. The Kier molecular flexibility index (Phi) is 19.5. The average Bonchev–Trinajstić information content (AvgIpc) is 1.54. The summed E-state index contributed by atoms with van der Waals surface area (Å²) in [7, 11) is -4.06. The van der Waals surface area contributed by atoms with E-state index in [1.807, 2.05) is 20.8 Å². The fourth-order valence-corrected chi connectivity index (χ4v) is 17.4. The molecule has 0 amide bonds. The molecule has 0 aromatic heterocycles. The topological polar surface area (TPSA) is 411 Å². The maximum Gasteiger partial charge on any atom is 0.397 e. The number of esters is 1. The Labute approximate surface area is 505 Å². The Morgan fingerprint density at radius 1 is 0.690 bits per heavy atom. The van der Waals surface area contributed by atoms with Crippen molar-refractivity contribution in [3.63, 3.8) is 0 Å². The number of aliphatic hydroxyl groups is 10. The van der Waals surface area contributed by atoms with Crippen LogP contribution in [0.15, 0.2) is 23.3 Å². The number of methoxy groups -OCH3 is 1. The number of allylic oxidation sites excluding steroid dienone is 4. The molecule has 0 radical (unpaired) electrons. The van der Waals surface area contributed by atoms with E-state index in [4.69, 9.17) is 61.0 Å². The fourth-order valence-electron chi connectivity index (χ4n) is 16.9. The van der Waals surface area contributed by atoms with Gasteiger partial charge >= 0.3 is 16.4 Å². The molecule has 6 heterocycles. The molecule has 6 saturated heterocycles. The summed E-state index contributed by atoms with van der Waals surface area (Å²) in [6.07, 6.45) is -29.8. The van der Waals surface area contributed by atoms with Crippen molar-refractivity contribution in [3.05, 3.63) is 23.3 Å². The normalized spacial score (nSPS) is 50.7. The molecule has 0 bridgehead atoms. The number of hydrogen-bond donors (Lipinski definition) is 11. The van der Waals surface area contributed by atoms with Crippen LogP contribution >= 0.6 is 0 Å². The molecule has 3 saturated carbocycles. The number of ether oxygens (including phenoxy) is 12. The number of aliphatic hydroxyl groups excluding tert-OH is 10. The van der Waals surface area contributed by atoms with E-state index in [0.29, 0.717) is 44.9 Å². The largest absolute Gasteiger partial charge is 0.458 e. The standard InChI is InChI=1S/C58H90O28S/c1-24(2)11-10-16-57(8)47-28(60)19-56(7)27-12-13-33-54(4,5)34(15-17-55(33,6)26(27)14-18-58(47,56)53(70)85-57)80-51-45(37(65)32(23-77-51)86-87(71,72)73)84-52-46(83-48-38(66)35(63)29(61)21-75-48)39(67)42(25(3)78-52)81-49-40(68)43(30(62)22-76-49)82-50-41(69)44(74-9)36(64)31(20-59)79-50/h11,14,25,27,29-52,59,61-69H,10,12-13,15-23H2,1-9H3,(H,71,72,73)/t25-,27?,29-,30-,31-,32-,33?,34+,35+,36-,37+,38-,39+,40-,41-,42-,43+,44+,45-,46-,47-,48+,49+,50+,51+,52+,55-,56+,57+,58-/m1/s1. The Hall–Kier alpha value is -2.35. The summed E-state index contributed by atoms with van der Waals surface area (Å²) in [6, 6.07) is 0. The van der Waals surface area contributed by atoms with Gasteiger partial charge in [-0.1, -0.05) is 51.0 Å². The van der Waals surface area contributed by atoms with Crippen molar-refractivity contribution in [3.8, 4) is 0 Å². The summed E-state index contributed by atoms with van der Waals surface area (Å²) in [4.78, 5) is 28.9. The Morgan fingerprint density at radius 3 is 1.98 bits per heavy atom.